The van der Waals surface area contributed by atoms with Crippen molar-refractivity contribution in [2.75, 3.05) is 6.61 Å². The molecule has 0 unspecified atom stereocenters. The average molecular weight is 465 g/mol. The molecule has 0 atom stereocenters. The molecular weight excluding hydrogens is 424 g/mol. The Kier molecular flexibility index (Phi) is 10.7. The summed E-state index contributed by atoms with van der Waals surface area (Å²) in [5.41, 5.74) is 3.32. The van der Waals surface area contributed by atoms with Gasteiger partial charge in [-0.2, -0.15) is 0 Å². The molecular formula is C30H40O4. The second-order valence-electron chi connectivity index (χ2n) is 9.58. The highest BCUT2D eigenvalue weighted by Gasteiger charge is 2.27. The third-order valence-electron chi connectivity index (χ3n) is 6.86. The Balaban J connectivity index is 1.44. The molecule has 0 aliphatic heterocycles. The molecule has 0 heterocycles. The van der Waals surface area contributed by atoms with Crippen LogP contribution in [0.15, 0.2) is 48.5 Å². The summed E-state index contributed by atoms with van der Waals surface area (Å²) in [5.74, 6) is 1.23. The van der Waals surface area contributed by atoms with Gasteiger partial charge in [-0.15, -0.1) is 0 Å². The number of benzene rings is 2. The highest BCUT2D eigenvalue weighted by atomic mass is 16.5. The minimum atomic E-state index is -0.130. The normalized spacial score (nSPS) is 17.8. The first-order valence-electron chi connectivity index (χ1n) is 13.2. The van der Waals surface area contributed by atoms with Crippen molar-refractivity contribution >= 4 is 11.9 Å². The summed E-state index contributed by atoms with van der Waals surface area (Å²) >= 11 is 0. The fraction of sp³-hybridized carbons (Fsp3) is 0.533. The lowest BCUT2D eigenvalue weighted by Crippen LogP contribution is -2.25. The lowest BCUT2D eigenvalue weighted by molar-refractivity contribution is -0.143. The number of hydrogen-bond acceptors (Lipinski definition) is 4. The molecule has 0 amide bonds. The molecule has 4 nitrogen and oxygen atoms in total. The van der Waals surface area contributed by atoms with E-state index in [0.29, 0.717) is 25.2 Å². The summed E-state index contributed by atoms with van der Waals surface area (Å²) < 4.78 is 10.9. The van der Waals surface area contributed by atoms with Gasteiger partial charge < -0.3 is 9.47 Å². The first-order valence-corrected chi connectivity index (χ1v) is 13.2. The van der Waals surface area contributed by atoms with Crippen LogP contribution >= 0.6 is 0 Å². The van der Waals surface area contributed by atoms with Crippen LogP contribution < -0.4 is 4.74 Å². The fourth-order valence-corrected chi connectivity index (χ4v) is 4.71. The zero-order valence-corrected chi connectivity index (χ0v) is 20.9. The zero-order valence-electron chi connectivity index (χ0n) is 20.9. The molecule has 0 N–H and O–H groups in total. The van der Waals surface area contributed by atoms with E-state index in [9.17, 15) is 9.59 Å². The van der Waals surface area contributed by atoms with Gasteiger partial charge in [0, 0.05) is 12.8 Å². The highest BCUT2D eigenvalue weighted by molar-refractivity contribution is 5.75. The van der Waals surface area contributed by atoms with Crippen LogP contribution in [-0.4, -0.2) is 18.5 Å². The maximum Gasteiger partial charge on any atom is 0.314 e. The van der Waals surface area contributed by atoms with Gasteiger partial charge in [0.15, 0.2) is 0 Å². The van der Waals surface area contributed by atoms with E-state index in [0.717, 1.165) is 54.7 Å². The Bertz CT molecular complexity index is 877. The number of rotatable bonds is 12. The SMILES string of the molecule is CCCCCC1CCC(C(=O)Oc2ccc(-c3ccc(CCOC(=O)CCC)cc3)cc2)CC1. The van der Waals surface area contributed by atoms with Crippen molar-refractivity contribution < 1.29 is 19.1 Å². The summed E-state index contributed by atoms with van der Waals surface area (Å²) in [4.78, 5) is 24.1. The van der Waals surface area contributed by atoms with Crippen LogP contribution in [0.2, 0.25) is 0 Å². The number of ether oxygens (including phenoxy) is 2. The van der Waals surface area contributed by atoms with Gasteiger partial charge in [-0.05, 0) is 66.8 Å². The molecule has 0 saturated heterocycles. The highest BCUT2D eigenvalue weighted by Crippen LogP contribution is 2.33. The topological polar surface area (TPSA) is 52.6 Å². The van der Waals surface area contributed by atoms with Crippen LogP contribution in [0.3, 0.4) is 0 Å². The van der Waals surface area contributed by atoms with E-state index in [1.165, 1.54) is 25.7 Å². The zero-order chi connectivity index (χ0) is 24.2. The van der Waals surface area contributed by atoms with Gasteiger partial charge in [0.05, 0.1) is 12.5 Å². The standard InChI is InChI=1S/C30H40O4/c1-3-5-6-8-23-11-15-27(16-12-23)30(32)34-28-19-17-26(18-20-28)25-13-9-24(10-14-25)21-22-33-29(31)7-4-2/h9-10,13-14,17-20,23,27H,3-8,11-12,15-16,21-22H2,1-2H3. The van der Waals surface area contributed by atoms with Crippen molar-refractivity contribution in [2.45, 2.75) is 84.5 Å². The molecule has 184 valence electrons. The Morgan fingerprint density at radius 2 is 1.47 bits per heavy atom. The number of hydrogen-bond donors (Lipinski definition) is 0. The molecule has 2 aromatic carbocycles. The third kappa shape index (κ3) is 8.30. The van der Waals surface area contributed by atoms with Crippen molar-refractivity contribution in [2.24, 2.45) is 11.8 Å². The van der Waals surface area contributed by atoms with Gasteiger partial charge >= 0.3 is 11.9 Å². The van der Waals surface area contributed by atoms with E-state index in [1.54, 1.807) is 0 Å². The van der Waals surface area contributed by atoms with E-state index < -0.39 is 0 Å². The summed E-state index contributed by atoms with van der Waals surface area (Å²) in [6, 6.07) is 16.0. The van der Waals surface area contributed by atoms with E-state index in [1.807, 2.05) is 31.2 Å². The Hall–Kier alpha value is -2.62. The molecule has 4 heteroatoms. The van der Waals surface area contributed by atoms with Gasteiger partial charge in [0.1, 0.15) is 5.75 Å². The minimum Gasteiger partial charge on any atom is -0.465 e. The van der Waals surface area contributed by atoms with E-state index >= 15 is 0 Å². The fourth-order valence-electron chi connectivity index (χ4n) is 4.71. The summed E-state index contributed by atoms with van der Waals surface area (Å²) in [6.07, 6.45) is 11.4. The van der Waals surface area contributed by atoms with Crippen molar-refractivity contribution in [3.8, 4) is 16.9 Å². The molecule has 0 bridgehead atoms. The van der Waals surface area contributed by atoms with Crippen LogP contribution in [0, 0.1) is 11.8 Å². The number of carbonyl (C=O) groups excluding carboxylic acids is 2. The molecule has 0 aromatic heterocycles. The monoisotopic (exact) mass is 464 g/mol. The number of unbranched alkanes of at least 4 members (excludes halogenated alkanes) is 2. The van der Waals surface area contributed by atoms with Crippen LogP contribution in [0.4, 0.5) is 0 Å². The smallest absolute Gasteiger partial charge is 0.314 e. The Labute approximate surface area is 205 Å². The minimum absolute atomic E-state index is 0.0379. The maximum absolute atomic E-state index is 12.6. The van der Waals surface area contributed by atoms with E-state index in [4.69, 9.17) is 9.47 Å². The second kappa shape index (κ2) is 13.9. The summed E-state index contributed by atoms with van der Waals surface area (Å²) in [5, 5.41) is 0. The molecule has 1 fully saturated rings. The predicted octanol–water partition coefficient (Wildman–Crippen LogP) is 7.53. The molecule has 1 saturated carbocycles. The molecule has 0 spiro atoms. The third-order valence-corrected chi connectivity index (χ3v) is 6.86. The average Bonchev–Trinajstić information content (AvgIpc) is 2.86. The predicted molar refractivity (Wildman–Crippen MR) is 137 cm³/mol. The maximum atomic E-state index is 12.6. The van der Waals surface area contributed by atoms with E-state index in [2.05, 4.69) is 31.2 Å². The van der Waals surface area contributed by atoms with Crippen molar-refractivity contribution in [3.05, 3.63) is 54.1 Å². The summed E-state index contributed by atoms with van der Waals surface area (Å²) in [6.45, 7) is 4.63. The molecule has 3 rings (SSSR count). The summed E-state index contributed by atoms with van der Waals surface area (Å²) in [7, 11) is 0. The molecule has 2 aromatic rings. The van der Waals surface area contributed by atoms with Crippen LogP contribution in [0.1, 0.15) is 83.6 Å². The molecule has 0 radical (unpaired) electrons. The van der Waals surface area contributed by atoms with Gasteiger partial charge in [-0.25, -0.2) is 0 Å². The Morgan fingerprint density at radius 3 is 2.09 bits per heavy atom. The molecule has 1 aliphatic rings. The molecule has 34 heavy (non-hydrogen) atoms. The first kappa shape index (κ1) is 26.0. The molecule has 1 aliphatic carbocycles. The van der Waals surface area contributed by atoms with Gasteiger partial charge in [-0.3, -0.25) is 9.59 Å². The van der Waals surface area contributed by atoms with Crippen LogP contribution in [-0.2, 0) is 20.7 Å². The number of carbonyl (C=O) groups is 2. The second-order valence-corrected chi connectivity index (χ2v) is 9.58. The number of esters is 2. The lowest BCUT2D eigenvalue weighted by atomic mass is 9.80. The van der Waals surface area contributed by atoms with Crippen molar-refractivity contribution in [3.63, 3.8) is 0 Å². The van der Waals surface area contributed by atoms with Gasteiger partial charge in [0.25, 0.3) is 0 Å². The first-order chi connectivity index (χ1) is 16.6. The van der Waals surface area contributed by atoms with Gasteiger partial charge in [-0.1, -0.05) is 75.9 Å². The lowest BCUT2D eigenvalue weighted by Gasteiger charge is -2.27. The van der Waals surface area contributed by atoms with Gasteiger partial charge in [0.2, 0.25) is 0 Å². The Morgan fingerprint density at radius 1 is 0.824 bits per heavy atom. The van der Waals surface area contributed by atoms with Crippen molar-refractivity contribution in [1.29, 1.82) is 0 Å². The van der Waals surface area contributed by atoms with E-state index in [-0.39, 0.29) is 17.9 Å². The van der Waals surface area contributed by atoms with Crippen molar-refractivity contribution in [1.82, 2.24) is 0 Å². The van der Waals surface area contributed by atoms with Crippen LogP contribution in [0.5, 0.6) is 5.75 Å². The van der Waals surface area contributed by atoms with Crippen LogP contribution in [0.25, 0.3) is 11.1 Å². The quantitative estimate of drug-likeness (QED) is 0.185. The largest absolute Gasteiger partial charge is 0.465 e.